The van der Waals surface area contributed by atoms with Crippen molar-refractivity contribution in [2.24, 2.45) is 0 Å². The fraction of sp³-hybridized carbons (Fsp3) is 0.318. The van der Waals surface area contributed by atoms with Crippen molar-refractivity contribution in [1.82, 2.24) is 24.8 Å². The standard InChI is InChI=1S/C22H25N5O4/c1-6-14(3)30-16-7-15(20-25-10-13(2)21(28)26-20)8-17(9-16)31-19-12-23-18(11-24-19)22(29)27(4)5/h7-12,14H,6H2,1-5H3,(H,25,26,28)/t14-/m0/s1. The van der Waals surface area contributed by atoms with Gasteiger partial charge in [-0.25, -0.2) is 15.0 Å². The van der Waals surface area contributed by atoms with Gasteiger partial charge in [0.15, 0.2) is 0 Å². The highest BCUT2D eigenvalue weighted by molar-refractivity contribution is 5.91. The number of hydrogen-bond acceptors (Lipinski definition) is 7. The highest BCUT2D eigenvalue weighted by Gasteiger charge is 2.13. The third kappa shape index (κ3) is 5.44. The molecule has 0 saturated heterocycles. The van der Waals surface area contributed by atoms with Gasteiger partial charge in [-0.15, -0.1) is 0 Å². The van der Waals surface area contributed by atoms with Crippen LogP contribution >= 0.6 is 0 Å². The molecule has 0 aliphatic heterocycles. The number of aromatic amines is 1. The van der Waals surface area contributed by atoms with Crippen molar-refractivity contribution in [3.8, 4) is 28.8 Å². The van der Waals surface area contributed by atoms with E-state index < -0.39 is 0 Å². The highest BCUT2D eigenvalue weighted by atomic mass is 16.5. The number of rotatable bonds is 7. The van der Waals surface area contributed by atoms with Gasteiger partial charge in [0.1, 0.15) is 23.0 Å². The van der Waals surface area contributed by atoms with E-state index in [1.807, 2.05) is 13.8 Å². The van der Waals surface area contributed by atoms with Gasteiger partial charge in [0.05, 0.1) is 18.5 Å². The van der Waals surface area contributed by atoms with Crippen molar-refractivity contribution in [2.45, 2.75) is 33.3 Å². The van der Waals surface area contributed by atoms with Crippen molar-refractivity contribution in [3.63, 3.8) is 0 Å². The van der Waals surface area contributed by atoms with Crippen molar-refractivity contribution < 1.29 is 14.3 Å². The molecule has 0 bridgehead atoms. The number of benzene rings is 1. The lowest BCUT2D eigenvalue weighted by molar-refractivity contribution is 0.0821. The highest BCUT2D eigenvalue weighted by Crippen LogP contribution is 2.31. The summed E-state index contributed by atoms with van der Waals surface area (Å²) in [6, 6.07) is 5.23. The molecule has 0 unspecified atom stereocenters. The summed E-state index contributed by atoms with van der Waals surface area (Å²) in [6.45, 7) is 5.68. The summed E-state index contributed by atoms with van der Waals surface area (Å²) in [6.07, 6.45) is 5.07. The maximum Gasteiger partial charge on any atom is 0.273 e. The quantitative estimate of drug-likeness (QED) is 0.621. The molecule has 31 heavy (non-hydrogen) atoms. The third-order valence-corrected chi connectivity index (χ3v) is 4.52. The van der Waals surface area contributed by atoms with E-state index >= 15 is 0 Å². The molecule has 1 N–H and O–H groups in total. The number of carbonyl (C=O) groups is 1. The summed E-state index contributed by atoms with van der Waals surface area (Å²) >= 11 is 0. The summed E-state index contributed by atoms with van der Waals surface area (Å²) in [5, 5.41) is 0. The van der Waals surface area contributed by atoms with Gasteiger partial charge < -0.3 is 19.4 Å². The first kappa shape index (κ1) is 21.9. The number of ether oxygens (including phenoxy) is 2. The molecule has 162 valence electrons. The molecule has 0 fully saturated rings. The first-order chi connectivity index (χ1) is 14.8. The maximum atomic E-state index is 12.0. The predicted molar refractivity (Wildman–Crippen MR) is 116 cm³/mol. The Morgan fingerprint density at radius 2 is 1.84 bits per heavy atom. The van der Waals surface area contributed by atoms with Gasteiger partial charge in [0.25, 0.3) is 11.5 Å². The van der Waals surface area contributed by atoms with Crippen LogP contribution in [0.25, 0.3) is 11.4 Å². The summed E-state index contributed by atoms with van der Waals surface area (Å²) < 4.78 is 11.8. The molecule has 1 aromatic carbocycles. The average molecular weight is 423 g/mol. The zero-order chi connectivity index (χ0) is 22.5. The van der Waals surface area contributed by atoms with Crippen molar-refractivity contribution >= 4 is 5.91 Å². The topological polar surface area (TPSA) is 110 Å². The minimum atomic E-state index is -0.250. The average Bonchev–Trinajstić information content (AvgIpc) is 2.75. The van der Waals surface area contributed by atoms with Gasteiger partial charge in [0.2, 0.25) is 5.88 Å². The minimum absolute atomic E-state index is 0.00996. The lowest BCUT2D eigenvalue weighted by Gasteiger charge is -2.15. The first-order valence-electron chi connectivity index (χ1n) is 9.86. The normalized spacial score (nSPS) is 11.6. The molecule has 2 heterocycles. The van der Waals surface area contributed by atoms with Crippen LogP contribution in [0.1, 0.15) is 36.3 Å². The molecule has 0 radical (unpaired) electrons. The molecule has 0 saturated carbocycles. The Labute approximate surface area is 180 Å². The number of nitrogens with one attached hydrogen (secondary N) is 1. The fourth-order valence-electron chi connectivity index (χ4n) is 2.59. The van der Waals surface area contributed by atoms with Crippen LogP contribution in [-0.4, -0.2) is 50.9 Å². The summed E-state index contributed by atoms with van der Waals surface area (Å²) in [7, 11) is 3.28. The molecule has 3 rings (SSSR count). The van der Waals surface area contributed by atoms with Gasteiger partial charge >= 0.3 is 0 Å². The second kappa shape index (κ2) is 9.38. The Balaban J connectivity index is 1.94. The second-order valence-corrected chi connectivity index (χ2v) is 7.32. The van der Waals surface area contributed by atoms with E-state index in [4.69, 9.17) is 9.47 Å². The molecular weight excluding hydrogens is 398 g/mol. The lowest BCUT2D eigenvalue weighted by Crippen LogP contribution is -2.22. The van der Waals surface area contributed by atoms with Gasteiger partial charge in [-0.05, 0) is 32.4 Å². The molecule has 0 aliphatic carbocycles. The zero-order valence-electron chi connectivity index (χ0n) is 18.2. The number of carbonyl (C=O) groups excluding carboxylic acids is 1. The minimum Gasteiger partial charge on any atom is -0.491 e. The van der Waals surface area contributed by atoms with Crippen molar-refractivity contribution in [3.05, 3.63) is 58.4 Å². The Bertz CT molecular complexity index is 1130. The van der Waals surface area contributed by atoms with Crippen LogP contribution in [0.3, 0.4) is 0 Å². The molecule has 1 amide bonds. The van der Waals surface area contributed by atoms with Crippen LogP contribution in [0.2, 0.25) is 0 Å². The Morgan fingerprint density at radius 3 is 2.45 bits per heavy atom. The van der Waals surface area contributed by atoms with Crippen molar-refractivity contribution in [2.75, 3.05) is 14.1 Å². The SMILES string of the molecule is CC[C@H](C)Oc1cc(Oc2cnc(C(=O)N(C)C)cn2)cc(-c2ncc(C)c(=O)[nH]2)c1. The molecule has 9 nitrogen and oxygen atoms in total. The van der Waals surface area contributed by atoms with Crippen LogP contribution in [0.15, 0.2) is 41.6 Å². The van der Waals surface area contributed by atoms with Crippen LogP contribution in [-0.2, 0) is 0 Å². The van der Waals surface area contributed by atoms with E-state index in [1.165, 1.54) is 23.5 Å². The number of aryl methyl sites for hydroxylation is 1. The fourth-order valence-corrected chi connectivity index (χ4v) is 2.59. The van der Waals surface area contributed by atoms with Crippen LogP contribution < -0.4 is 15.0 Å². The number of hydrogen-bond donors (Lipinski definition) is 1. The Hall–Kier alpha value is -3.75. The summed E-state index contributed by atoms with van der Waals surface area (Å²) in [4.78, 5) is 40.8. The molecule has 1 atom stereocenters. The molecule has 0 aliphatic rings. The monoisotopic (exact) mass is 423 g/mol. The lowest BCUT2D eigenvalue weighted by atomic mass is 10.1. The predicted octanol–water partition coefficient (Wildman–Crippen LogP) is 3.21. The smallest absolute Gasteiger partial charge is 0.273 e. The van der Waals surface area contributed by atoms with Gasteiger partial charge in [-0.2, -0.15) is 0 Å². The Kier molecular flexibility index (Phi) is 6.64. The molecule has 0 spiro atoms. The van der Waals surface area contributed by atoms with Crippen LogP contribution in [0.5, 0.6) is 17.4 Å². The molecule has 3 aromatic rings. The van der Waals surface area contributed by atoms with Crippen LogP contribution in [0, 0.1) is 6.92 Å². The number of amides is 1. The molecule has 9 heteroatoms. The number of H-pyrrole nitrogens is 1. The largest absolute Gasteiger partial charge is 0.491 e. The van der Waals surface area contributed by atoms with E-state index in [2.05, 4.69) is 19.9 Å². The van der Waals surface area contributed by atoms with Crippen molar-refractivity contribution in [1.29, 1.82) is 0 Å². The van der Waals surface area contributed by atoms with E-state index in [-0.39, 0.29) is 29.1 Å². The molecular formula is C22H25N5O4. The third-order valence-electron chi connectivity index (χ3n) is 4.52. The van der Waals surface area contributed by atoms with Gasteiger partial charge in [-0.1, -0.05) is 6.92 Å². The maximum absolute atomic E-state index is 12.0. The number of nitrogens with zero attached hydrogens (tertiary/aromatic N) is 4. The van der Waals surface area contributed by atoms with E-state index in [9.17, 15) is 9.59 Å². The van der Waals surface area contributed by atoms with Crippen LogP contribution in [0.4, 0.5) is 0 Å². The van der Waals surface area contributed by atoms with E-state index in [1.54, 1.807) is 39.2 Å². The van der Waals surface area contributed by atoms with E-state index in [0.717, 1.165) is 6.42 Å². The van der Waals surface area contributed by atoms with E-state index in [0.29, 0.717) is 28.5 Å². The zero-order valence-corrected chi connectivity index (χ0v) is 18.2. The van der Waals surface area contributed by atoms with Gasteiger partial charge in [0, 0.05) is 37.5 Å². The first-order valence-corrected chi connectivity index (χ1v) is 9.86. The summed E-state index contributed by atoms with van der Waals surface area (Å²) in [5.74, 6) is 1.36. The number of aromatic nitrogens is 4. The van der Waals surface area contributed by atoms with Gasteiger partial charge in [-0.3, -0.25) is 9.59 Å². The summed E-state index contributed by atoms with van der Waals surface area (Å²) in [5.41, 5.74) is 1.15. The Morgan fingerprint density at radius 1 is 1.10 bits per heavy atom. The molecule has 2 aromatic heterocycles. The second-order valence-electron chi connectivity index (χ2n) is 7.32.